The highest BCUT2D eigenvalue weighted by atomic mass is 32.2. The van der Waals surface area contributed by atoms with Crippen LogP contribution in [0.5, 0.6) is 0 Å². The number of aromatic nitrogens is 1. The van der Waals surface area contributed by atoms with E-state index in [4.69, 9.17) is 4.42 Å². The number of rotatable bonds is 3. The zero-order valence-corrected chi connectivity index (χ0v) is 13.2. The predicted octanol–water partition coefficient (Wildman–Crippen LogP) is 2.33. The highest BCUT2D eigenvalue weighted by Gasteiger charge is 2.52. The fourth-order valence-corrected chi connectivity index (χ4v) is 4.81. The van der Waals surface area contributed by atoms with Gasteiger partial charge in [0.2, 0.25) is 0 Å². The molecule has 0 aromatic carbocycles. The van der Waals surface area contributed by atoms with E-state index in [2.05, 4.69) is 10.3 Å². The van der Waals surface area contributed by atoms with Crippen molar-refractivity contribution in [2.24, 2.45) is 0 Å². The molecule has 0 bridgehead atoms. The average molecular weight is 335 g/mol. The highest BCUT2D eigenvalue weighted by Crippen LogP contribution is 2.34. The second kappa shape index (κ2) is 5.13. The molecule has 2 aliphatic heterocycles. The summed E-state index contributed by atoms with van der Waals surface area (Å²) in [6, 6.07) is 3.32. The molecule has 1 unspecified atom stereocenters. The summed E-state index contributed by atoms with van der Waals surface area (Å²) in [4.78, 5) is 30.4. The Balaban J connectivity index is 1.54. The third-order valence-corrected chi connectivity index (χ3v) is 5.97. The first-order valence-corrected chi connectivity index (χ1v) is 8.91. The molecule has 0 saturated carbocycles. The number of hydrogen-bond acceptors (Lipinski definition) is 6. The number of nitrogens with one attached hydrogen (secondary N) is 1. The lowest BCUT2D eigenvalue weighted by atomic mass is 9.99. The lowest BCUT2D eigenvalue weighted by molar-refractivity contribution is -0.130. The number of furan rings is 1. The van der Waals surface area contributed by atoms with Crippen molar-refractivity contribution in [3.8, 4) is 10.8 Å². The van der Waals surface area contributed by atoms with Gasteiger partial charge in [0, 0.05) is 11.1 Å². The van der Waals surface area contributed by atoms with Gasteiger partial charge in [0.1, 0.15) is 5.54 Å². The van der Waals surface area contributed by atoms with Crippen molar-refractivity contribution in [1.82, 2.24) is 15.2 Å². The molecule has 1 spiro atoms. The van der Waals surface area contributed by atoms with Gasteiger partial charge >= 0.3 is 6.03 Å². The van der Waals surface area contributed by atoms with Crippen LogP contribution in [0.25, 0.3) is 10.8 Å². The summed E-state index contributed by atoms with van der Waals surface area (Å²) in [5.74, 6) is 2.12. The third-order valence-electron chi connectivity index (χ3n) is 3.87. The van der Waals surface area contributed by atoms with Gasteiger partial charge in [0.05, 0.1) is 18.5 Å². The molecule has 4 rings (SSSR count). The van der Waals surface area contributed by atoms with Crippen molar-refractivity contribution >= 4 is 35.0 Å². The van der Waals surface area contributed by atoms with E-state index in [1.807, 2.05) is 11.4 Å². The van der Waals surface area contributed by atoms with Crippen LogP contribution in [0.1, 0.15) is 12.1 Å². The fraction of sp³-hybridized carbons (Fsp3) is 0.357. The van der Waals surface area contributed by atoms with Crippen LogP contribution in [0.15, 0.2) is 28.2 Å². The zero-order valence-electron chi connectivity index (χ0n) is 11.6. The smallest absolute Gasteiger partial charge is 0.325 e. The highest BCUT2D eigenvalue weighted by molar-refractivity contribution is 7.99. The van der Waals surface area contributed by atoms with Crippen LogP contribution in [-0.2, 0) is 11.3 Å². The Hall–Kier alpha value is -1.80. The van der Waals surface area contributed by atoms with Gasteiger partial charge in [-0.2, -0.15) is 11.8 Å². The van der Waals surface area contributed by atoms with E-state index in [9.17, 15) is 9.59 Å². The Morgan fingerprint density at radius 2 is 2.36 bits per heavy atom. The Morgan fingerprint density at radius 1 is 1.45 bits per heavy atom. The van der Waals surface area contributed by atoms with Crippen LogP contribution in [0, 0.1) is 0 Å². The maximum atomic E-state index is 12.6. The number of hydrogen-bond donors (Lipinski definition) is 1. The van der Waals surface area contributed by atoms with Crippen molar-refractivity contribution in [3.05, 3.63) is 29.5 Å². The summed E-state index contributed by atoms with van der Waals surface area (Å²) >= 11 is 3.14. The zero-order chi connectivity index (χ0) is 15.2. The third kappa shape index (κ3) is 2.14. The van der Waals surface area contributed by atoms with E-state index in [-0.39, 0.29) is 18.5 Å². The summed E-state index contributed by atoms with van der Waals surface area (Å²) < 4.78 is 5.31. The molecule has 8 heteroatoms. The van der Waals surface area contributed by atoms with Gasteiger partial charge in [-0.05, 0) is 24.3 Å². The topological polar surface area (TPSA) is 75.4 Å². The summed E-state index contributed by atoms with van der Waals surface area (Å²) in [5.41, 5.74) is 0.00401. The molecule has 22 heavy (non-hydrogen) atoms. The monoisotopic (exact) mass is 335 g/mol. The van der Waals surface area contributed by atoms with Crippen LogP contribution >= 0.6 is 23.1 Å². The van der Waals surface area contributed by atoms with Crippen LogP contribution in [0.3, 0.4) is 0 Å². The van der Waals surface area contributed by atoms with E-state index in [1.54, 1.807) is 24.1 Å². The molecule has 1 atom stereocenters. The summed E-state index contributed by atoms with van der Waals surface area (Å²) in [6.07, 6.45) is 2.29. The SMILES string of the molecule is O=C1NC2(CCSC2)C(=O)N1Cc1csc(-c2ccco2)n1. The van der Waals surface area contributed by atoms with E-state index in [0.29, 0.717) is 23.6 Å². The molecule has 2 aliphatic rings. The molecule has 2 saturated heterocycles. The van der Waals surface area contributed by atoms with Crippen molar-refractivity contribution < 1.29 is 14.0 Å². The summed E-state index contributed by atoms with van der Waals surface area (Å²) in [7, 11) is 0. The van der Waals surface area contributed by atoms with Crippen LogP contribution in [0.2, 0.25) is 0 Å². The van der Waals surface area contributed by atoms with Gasteiger partial charge in [-0.25, -0.2) is 9.78 Å². The fourth-order valence-electron chi connectivity index (χ4n) is 2.71. The number of carbonyl (C=O) groups is 2. The first-order chi connectivity index (χ1) is 10.7. The van der Waals surface area contributed by atoms with Crippen molar-refractivity contribution in [1.29, 1.82) is 0 Å². The molecular weight excluding hydrogens is 322 g/mol. The number of imide groups is 1. The molecule has 1 N–H and O–H groups in total. The normalized spacial score (nSPS) is 24.5. The van der Waals surface area contributed by atoms with Gasteiger partial charge in [-0.3, -0.25) is 9.69 Å². The average Bonchev–Trinajstić information content (AvgIpc) is 3.25. The Morgan fingerprint density at radius 3 is 3.09 bits per heavy atom. The first-order valence-electron chi connectivity index (χ1n) is 6.88. The second-order valence-corrected chi connectivity index (χ2v) is 7.29. The molecule has 4 heterocycles. The van der Waals surface area contributed by atoms with Gasteiger partial charge in [-0.15, -0.1) is 11.3 Å². The lowest BCUT2D eigenvalue weighted by Gasteiger charge is -2.18. The minimum absolute atomic E-state index is 0.130. The molecule has 3 amide bonds. The number of thioether (sulfide) groups is 1. The van der Waals surface area contributed by atoms with E-state index < -0.39 is 5.54 Å². The largest absolute Gasteiger partial charge is 0.462 e. The molecule has 2 aromatic heterocycles. The molecule has 0 radical (unpaired) electrons. The Bertz CT molecular complexity index is 720. The van der Waals surface area contributed by atoms with Gasteiger partial charge in [0.15, 0.2) is 10.8 Å². The van der Waals surface area contributed by atoms with Crippen LogP contribution in [-0.4, -0.2) is 38.9 Å². The van der Waals surface area contributed by atoms with Crippen LogP contribution in [0.4, 0.5) is 4.79 Å². The van der Waals surface area contributed by atoms with Gasteiger partial charge < -0.3 is 9.73 Å². The Kier molecular flexibility index (Phi) is 3.23. The number of nitrogens with zero attached hydrogens (tertiary/aromatic N) is 2. The Labute approximate surface area is 134 Å². The van der Waals surface area contributed by atoms with E-state index >= 15 is 0 Å². The quantitative estimate of drug-likeness (QED) is 0.871. The molecule has 0 aliphatic carbocycles. The molecule has 2 fully saturated rings. The maximum Gasteiger partial charge on any atom is 0.325 e. The number of amides is 3. The van der Waals surface area contributed by atoms with Gasteiger partial charge in [-0.1, -0.05) is 0 Å². The van der Waals surface area contributed by atoms with Crippen molar-refractivity contribution in [2.45, 2.75) is 18.5 Å². The first kappa shape index (κ1) is 13.8. The molecular formula is C14H13N3O3S2. The van der Waals surface area contributed by atoms with Crippen LogP contribution < -0.4 is 5.32 Å². The maximum absolute atomic E-state index is 12.6. The summed E-state index contributed by atoms with van der Waals surface area (Å²) in [5, 5.41) is 5.46. The van der Waals surface area contributed by atoms with E-state index in [0.717, 1.165) is 10.8 Å². The molecule has 114 valence electrons. The van der Waals surface area contributed by atoms with E-state index in [1.165, 1.54) is 16.2 Å². The lowest BCUT2D eigenvalue weighted by Crippen LogP contribution is -2.46. The number of thiazole rings is 1. The molecule has 2 aromatic rings. The number of carbonyl (C=O) groups excluding carboxylic acids is 2. The molecule has 6 nitrogen and oxygen atoms in total. The van der Waals surface area contributed by atoms with Gasteiger partial charge in [0.25, 0.3) is 5.91 Å². The second-order valence-electron chi connectivity index (χ2n) is 5.33. The predicted molar refractivity (Wildman–Crippen MR) is 83.6 cm³/mol. The van der Waals surface area contributed by atoms with Crippen molar-refractivity contribution in [2.75, 3.05) is 11.5 Å². The minimum Gasteiger partial charge on any atom is -0.462 e. The standard InChI is InChI=1S/C14H13N3O3S2/c18-12-14(3-5-21-8-14)16-13(19)17(12)6-9-7-22-11(15-9)10-2-1-4-20-10/h1-2,4,7H,3,5-6,8H2,(H,16,19). The minimum atomic E-state index is -0.693. The summed E-state index contributed by atoms with van der Waals surface area (Å²) in [6.45, 7) is 0.203. The van der Waals surface area contributed by atoms with Crippen molar-refractivity contribution in [3.63, 3.8) is 0 Å². The number of urea groups is 1.